The van der Waals surface area contributed by atoms with Gasteiger partial charge < -0.3 is 14.6 Å². The van der Waals surface area contributed by atoms with Gasteiger partial charge in [-0.1, -0.05) is 131 Å². The zero-order valence-corrected chi connectivity index (χ0v) is 29.2. The summed E-state index contributed by atoms with van der Waals surface area (Å²) in [5.41, 5.74) is 9.83. The molecule has 8 heteroatoms. The lowest BCUT2D eigenvalue weighted by atomic mass is 9.84. The number of carbonyl (C=O) groups excluding carboxylic acids is 1. The average Bonchev–Trinajstić information content (AvgIpc) is 3.56. The van der Waals surface area contributed by atoms with Crippen LogP contribution >= 0.6 is 15.9 Å². The minimum absolute atomic E-state index is 0.00546. The van der Waals surface area contributed by atoms with Gasteiger partial charge in [-0.25, -0.2) is 10.4 Å². The molecule has 1 amide bonds. The molecule has 0 radical (unpaired) electrons. The lowest BCUT2D eigenvalue weighted by molar-refractivity contribution is -0.129. The van der Waals surface area contributed by atoms with E-state index in [4.69, 9.17) is 19.6 Å². The van der Waals surface area contributed by atoms with E-state index in [2.05, 4.69) is 51.0 Å². The first kappa shape index (κ1) is 34.8. The molecule has 0 saturated heterocycles. The summed E-state index contributed by atoms with van der Waals surface area (Å²) >= 11 is 3.55. The third-order valence-electron chi connectivity index (χ3n) is 8.65. The van der Waals surface area contributed by atoms with E-state index in [1.807, 2.05) is 127 Å². The van der Waals surface area contributed by atoms with Crippen LogP contribution in [-0.4, -0.2) is 42.2 Å². The van der Waals surface area contributed by atoms with Crippen LogP contribution in [0.25, 0.3) is 6.08 Å². The lowest BCUT2D eigenvalue weighted by Gasteiger charge is -2.30. The van der Waals surface area contributed by atoms with Crippen LogP contribution in [-0.2, 0) is 9.53 Å². The van der Waals surface area contributed by atoms with Gasteiger partial charge in [0.05, 0.1) is 6.61 Å². The molecule has 0 fully saturated rings. The summed E-state index contributed by atoms with van der Waals surface area (Å²) < 4.78 is 13.3. The smallest absolute Gasteiger partial charge is 0.266 e. The molecule has 1 aliphatic rings. The number of hydrogen-bond donors (Lipinski definition) is 3. The molecule has 6 rings (SSSR count). The molecule has 0 unspecified atom stereocenters. The largest absolute Gasteiger partial charge is 0.494 e. The molecule has 0 saturated carbocycles. The number of amides is 1. The van der Waals surface area contributed by atoms with Crippen molar-refractivity contribution in [3.63, 3.8) is 0 Å². The van der Waals surface area contributed by atoms with Crippen molar-refractivity contribution in [2.45, 2.75) is 30.4 Å². The van der Waals surface area contributed by atoms with Crippen LogP contribution < -0.4 is 15.6 Å². The first-order valence-electron chi connectivity index (χ1n) is 16.8. The third kappa shape index (κ3) is 8.58. The first-order valence-corrected chi connectivity index (χ1v) is 17.6. The molecule has 1 aliphatic heterocycles. The normalized spacial score (nSPS) is 17.0. The second kappa shape index (κ2) is 17.1. The van der Waals surface area contributed by atoms with Crippen molar-refractivity contribution >= 4 is 33.8 Å². The Hall–Kier alpha value is -5.02. The lowest BCUT2D eigenvalue weighted by Crippen LogP contribution is -2.53. The zero-order valence-electron chi connectivity index (χ0n) is 27.6. The standard InChI is InChI=1S/C42H40BrN3O4/c43-36-23-19-34(20-24-36)39-42(27-10-14-31-12-4-1-5-13-31,45-40(50-39)35-21-25-37(26-22-35)49-29-11-28-47)41(48)46-44-30-38(32-15-6-2-7-16-32)33-17-8-3-9-18-33/h1-10,12-26,38-39,44,47H,11,27-30H2,(H,46,48)/b14-10+/t39-,42-/m0/s1. The quantitative estimate of drug-likeness (QED) is 0.0750. The fraction of sp³-hybridized carbons (Fsp3) is 0.190. The summed E-state index contributed by atoms with van der Waals surface area (Å²) in [6.07, 6.45) is 4.11. The molecule has 0 aromatic heterocycles. The maximum absolute atomic E-state index is 14.6. The Morgan fingerprint density at radius 3 is 2.10 bits per heavy atom. The molecule has 5 aromatic carbocycles. The van der Waals surface area contributed by atoms with Gasteiger partial charge in [-0.15, -0.1) is 0 Å². The van der Waals surface area contributed by atoms with Gasteiger partial charge in [-0.2, -0.15) is 0 Å². The van der Waals surface area contributed by atoms with E-state index in [0.29, 0.717) is 31.2 Å². The predicted molar refractivity (Wildman–Crippen MR) is 202 cm³/mol. The van der Waals surface area contributed by atoms with Crippen molar-refractivity contribution in [1.82, 2.24) is 10.9 Å². The van der Waals surface area contributed by atoms with Gasteiger partial charge in [0.15, 0.2) is 11.6 Å². The van der Waals surface area contributed by atoms with Crippen LogP contribution in [0.15, 0.2) is 155 Å². The second-order valence-electron chi connectivity index (χ2n) is 12.1. The monoisotopic (exact) mass is 729 g/mol. The van der Waals surface area contributed by atoms with Crippen LogP contribution in [0.5, 0.6) is 5.75 Å². The number of halogens is 1. The Bertz CT molecular complexity index is 1830. The summed E-state index contributed by atoms with van der Waals surface area (Å²) in [6, 6.07) is 45.8. The molecule has 0 bridgehead atoms. The van der Waals surface area contributed by atoms with Crippen molar-refractivity contribution in [3.8, 4) is 5.75 Å². The SMILES string of the molecule is O=C(NNCC(c1ccccc1)c1ccccc1)[C@@]1(C/C=C/c2ccccc2)N=C(c2ccc(OCCCO)cc2)O[C@H]1c1ccc(Br)cc1. The van der Waals surface area contributed by atoms with Crippen LogP contribution in [0.2, 0.25) is 0 Å². The van der Waals surface area contributed by atoms with Crippen molar-refractivity contribution in [1.29, 1.82) is 0 Å². The predicted octanol–water partition coefficient (Wildman–Crippen LogP) is 8.02. The number of rotatable bonds is 15. The fourth-order valence-electron chi connectivity index (χ4n) is 6.03. The second-order valence-corrected chi connectivity index (χ2v) is 13.0. The molecular weight excluding hydrogens is 690 g/mol. The average molecular weight is 731 g/mol. The minimum Gasteiger partial charge on any atom is -0.494 e. The third-order valence-corrected chi connectivity index (χ3v) is 9.18. The highest BCUT2D eigenvalue weighted by molar-refractivity contribution is 9.10. The van der Waals surface area contributed by atoms with E-state index < -0.39 is 11.6 Å². The number of carbonyl (C=O) groups is 1. The highest BCUT2D eigenvalue weighted by atomic mass is 79.9. The number of aliphatic hydroxyl groups excluding tert-OH is 1. The van der Waals surface area contributed by atoms with Gasteiger partial charge in [0.1, 0.15) is 5.75 Å². The van der Waals surface area contributed by atoms with Gasteiger partial charge in [0.2, 0.25) is 5.90 Å². The number of ether oxygens (including phenoxy) is 2. The number of nitrogens with one attached hydrogen (secondary N) is 2. The molecule has 1 heterocycles. The Balaban J connectivity index is 1.33. The maximum Gasteiger partial charge on any atom is 0.266 e. The molecule has 3 N–H and O–H groups in total. The van der Waals surface area contributed by atoms with Crippen molar-refractivity contribution in [2.24, 2.45) is 4.99 Å². The molecular formula is C42H40BrN3O4. The van der Waals surface area contributed by atoms with Crippen LogP contribution in [0.3, 0.4) is 0 Å². The Morgan fingerprint density at radius 1 is 0.860 bits per heavy atom. The van der Waals surface area contributed by atoms with Crippen LogP contribution in [0.4, 0.5) is 0 Å². The summed E-state index contributed by atoms with van der Waals surface area (Å²) in [5, 5.41) is 9.11. The van der Waals surface area contributed by atoms with E-state index in [9.17, 15) is 4.79 Å². The van der Waals surface area contributed by atoms with E-state index in [1.54, 1.807) is 0 Å². The number of benzene rings is 5. The molecule has 5 aromatic rings. The molecule has 2 atom stereocenters. The zero-order chi connectivity index (χ0) is 34.6. The minimum atomic E-state index is -1.34. The Morgan fingerprint density at radius 2 is 1.48 bits per heavy atom. The van der Waals surface area contributed by atoms with E-state index in [0.717, 1.165) is 32.3 Å². The van der Waals surface area contributed by atoms with Crippen LogP contribution in [0, 0.1) is 0 Å². The number of hydrazine groups is 1. The summed E-state index contributed by atoms with van der Waals surface area (Å²) in [5.74, 6) is 0.748. The molecule has 0 aliphatic carbocycles. The van der Waals surface area contributed by atoms with E-state index >= 15 is 0 Å². The highest BCUT2D eigenvalue weighted by Gasteiger charge is 2.52. The van der Waals surface area contributed by atoms with Crippen molar-refractivity contribution < 1.29 is 19.4 Å². The van der Waals surface area contributed by atoms with Gasteiger partial charge in [-0.3, -0.25) is 10.2 Å². The van der Waals surface area contributed by atoms with Gasteiger partial charge in [0, 0.05) is 41.9 Å². The number of hydrogen-bond acceptors (Lipinski definition) is 6. The Kier molecular flexibility index (Phi) is 11.9. The van der Waals surface area contributed by atoms with E-state index in [-0.39, 0.29) is 24.9 Å². The topological polar surface area (TPSA) is 92.2 Å². The number of nitrogens with zero attached hydrogens (tertiary/aromatic N) is 1. The summed E-state index contributed by atoms with van der Waals surface area (Å²) in [6.45, 7) is 0.948. The Labute approximate surface area is 301 Å². The molecule has 254 valence electrons. The van der Waals surface area contributed by atoms with Gasteiger partial charge in [0.25, 0.3) is 5.91 Å². The maximum atomic E-state index is 14.6. The summed E-state index contributed by atoms with van der Waals surface area (Å²) in [7, 11) is 0. The molecule has 0 spiro atoms. The van der Waals surface area contributed by atoms with Gasteiger partial charge in [-0.05, 0) is 58.7 Å². The van der Waals surface area contributed by atoms with E-state index in [1.165, 1.54) is 0 Å². The van der Waals surface area contributed by atoms with Gasteiger partial charge >= 0.3 is 0 Å². The number of aliphatic imine (C=N–C) groups is 1. The van der Waals surface area contributed by atoms with Crippen LogP contribution in [0.1, 0.15) is 52.7 Å². The summed E-state index contributed by atoms with van der Waals surface area (Å²) in [4.78, 5) is 19.8. The molecule has 50 heavy (non-hydrogen) atoms. The van der Waals surface area contributed by atoms with Crippen molar-refractivity contribution in [2.75, 3.05) is 19.8 Å². The van der Waals surface area contributed by atoms with Crippen molar-refractivity contribution in [3.05, 3.63) is 178 Å². The fourth-order valence-corrected chi connectivity index (χ4v) is 6.30. The molecule has 7 nitrogen and oxygen atoms in total. The first-order chi connectivity index (χ1) is 24.6. The highest BCUT2D eigenvalue weighted by Crippen LogP contribution is 2.43. The number of aliphatic hydroxyl groups is 1.